The van der Waals surface area contributed by atoms with Crippen LogP contribution in [0.1, 0.15) is 10.3 Å². The topological polar surface area (TPSA) is 61.1 Å². The molecule has 94 valence electrons. The molecule has 0 amide bonds. The number of sulfone groups is 1. The van der Waals surface area contributed by atoms with E-state index in [1.54, 1.807) is 30.3 Å². The van der Waals surface area contributed by atoms with Crippen molar-refractivity contribution < 1.29 is 13.1 Å². The summed E-state index contributed by atoms with van der Waals surface area (Å²) in [6.07, 6.45) is 1.13. The Morgan fingerprint density at radius 2 is 1.67 bits per heavy atom. The average molecular weight is 284 g/mol. The summed E-state index contributed by atoms with van der Waals surface area (Å²) in [6, 6.07) is 12.5. The number of aromatic nitrogens is 1. The van der Waals surface area contributed by atoms with Crippen molar-refractivity contribution in [3.8, 4) is 0 Å². The highest BCUT2D eigenvalue weighted by Crippen LogP contribution is 2.30. The first-order chi connectivity index (χ1) is 8.53. The molecule has 0 saturated heterocycles. The van der Waals surface area contributed by atoms with Crippen molar-refractivity contribution in [2.24, 2.45) is 0 Å². The maximum Gasteiger partial charge on any atom is 0.310 e. The predicted molar refractivity (Wildman–Crippen MR) is 67.6 cm³/mol. The molecule has 0 N–H and O–H groups in total. The fourth-order valence-corrected chi connectivity index (χ4v) is 3.25. The van der Waals surface area contributed by atoms with Crippen LogP contribution in [0, 0.1) is 5.21 Å². The quantitative estimate of drug-likeness (QED) is 0.492. The monoisotopic (exact) mass is 283 g/mol. The van der Waals surface area contributed by atoms with E-state index in [2.05, 4.69) is 0 Å². The van der Waals surface area contributed by atoms with Crippen LogP contribution in [0.4, 0.5) is 0 Å². The molecule has 0 aliphatic carbocycles. The van der Waals surface area contributed by atoms with Crippen molar-refractivity contribution in [1.29, 1.82) is 0 Å². The van der Waals surface area contributed by atoms with E-state index in [1.165, 1.54) is 18.2 Å². The predicted octanol–water partition coefficient (Wildman–Crippen LogP) is 2.03. The molecule has 0 aliphatic rings. The van der Waals surface area contributed by atoms with Crippen LogP contribution in [0.3, 0.4) is 0 Å². The number of hydrogen-bond acceptors (Lipinski definition) is 3. The highest BCUT2D eigenvalue weighted by molar-refractivity contribution is 7.92. The lowest BCUT2D eigenvalue weighted by Crippen LogP contribution is -2.34. The summed E-state index contributed by atoms with van der Waals surface area (Å²) < 4.78 is 23.4. The van der Waals surface area contributed by atoms with Crippen molar-refractivity contribution in [3.63, 3.8) is 0 Å². The van der Waals surface area contributed by atoms with E-state index in [0.717, 1.165) is 6.20 Å². The summed E-state index contributed by atoms with van der Waals surface area (Å²) in [5.41, 5.74) is 0.433. The number of hydrogen-bond donors (Lipinski definition) is 0. The van der Waals surface area contributed by atoms with Crippen LogP contribution in [-0.4, -0.2) is 8.42 Å². The third-order valence-corrected chi connectivity index (χ3v) is 5.09. The molecule has 1 unspecified atom stereocenters. The first kappa shape index (κ1) is 12.9. The van der Waals surface area contributed by atoms with Crippen LogP contribution < -0.4 is 4.73 Å². The summed E-state index contributed by atoms with van der Waals surface area (Å²) in [6.45, 7) is 0. The highest BCUT2D eigenvalue weighted by atomic mass is 35.5. The SMILES string of the molecule is O=S(=O)(c1cccc[n+]1[O-])C(Cl)c1ccccc1. The van der Waals surface area contributed by atoms with E-state index < -0.39 is 14.5 Å². The van der Waals surface area contributed by atoms with E-state index in [-0.39, 0.29) is 5.03 Å². The normalized spacial score (nSPS) is 13.2. The van der Waals surface area contributed by atoms with Gasteiger partial charge in [-0.05, 0) is 11.6 Å². The first-order valence-corrected chi connectivity index (χ1v) is 7.13. The van der Waals surface area contributed by atoms with Crippen LogP contribution in [-0.2, 0) is 9.84 Å². The lowest BCUT2D eigenvalue weighted by Gasteiger charge is -2.10. The van der Waals surface area contributed by atoms with Gasteiger partial charge in [0.05, 0.1) is 0 Å². The van der Waals surface area contributed by atoms with Crippen molar-refractivity contribution in [3.05, 3.63) is 65.5 Å². The smallest absolute Gasteiger partial charge is 0.310 e. The molecule has 0 fully saturated rings. The number of halogens is 1. The molecule has 6 heteroatoms. The molecule has 0 saturated carbocycles. The number of nitrogens with zero attached hydrogens (tertiary/aromatic N) is 1. The van der Waals surface area contributed by atoms with Crippen molar-refractivity contribution in [2.45, 2.75) is 9.74 Å². The molecule has 1 aromatic carbocycles. The van der Waals surface area contributed by atoms with Gasteiger partial charge in [-0.2, -0.15) is 4.73 Å². The Labute approximate surface area is 110 Å². The maximum atomic E-state index is 12.2. The molecule has 0 bridgehead atoms. The molecule has 1 atom stereocenters. The highest BCUT2D eigenvalue weighted by Gasteiger charge is 2.33. The second-order valence-corrected chi connectivity index (χ2v) is 6.31. The van der Waals surface area contributed by atoms with E-state index >= 15 is 0 Å². The Bertz CT molecular complexity index is 643. The summed E-state index contributed by atoms with van der Waals surface area (Å²) in [5.74, 6) is 0. The molecule has 0 aliphatic heterocycles. The molecular weight excluding hydrogens is 274 g/mol. The third-order valence-electron chi connectivity index (χ3n) is 2.41. The standard InChI is InChI=1S/C12H10ClNO3S/c13-12(10-6-2-1-3-7-10)18(16,17)11-8-4-5-9-14(11)15/h1-9,12H. The number of alkyl halides is 1. The number of rotatable bonds is 3. The maximum absolute atomic E-state index is 12.2. The fourth-order valence-electron chi connectivity index (χ4n) is 1.52. The zero-order chi connectivity index (χ0) is 13.2. The van der Waals surface area contributed by atoms with Gasteiger partial charge in [-0.3, -0.25) is 0 Å². The lowest BCUT2D eigenvalue weighted by molar-refractivity contribution is -0.646. The Morgan fingerprint density at radius 3 is 2.28 bits per heavy atom. The van der Waals surface area contributed by atoms with Crippen LogP contribution in [0.15, 0.2) is 59.8 Å². The van der Waals surface area contributed by atoms with Gasteiger partial charge in [0.25, 0.3) is 9.84 Å². The second kappa shape index (κ2) is 4.96. The number of pyridine rings is 1. The van der Waals surface area contributed by atoms with Crippen LogP contribution in [0.5, 0.6) is 0 Å². The van der Waals surface area contributed by atoms with Gasteiger partial charge in [-0.25, -0.2) is 8.42 Å². The molecule has 2 aromatic rings. The van der Waals surface area contributed by atoms with Crippen LogP contribution >= 0.6 is 11.6 Å². The van der Waals surface area contributed by atoms with Gasteiger partial charge in [-0.15, -0.1) is 0 Å². The molecule has 1 aromatic heterocycles. The fraction of sp³-hybridized carbons (Fsp3) is 0.0833. The molecule has 0 spiro atoms. The van der Waals surface area contributed by atoms with Gasteiger partial charge in [0.1, 0.15) is 0 Å². The van der Waals surface area contributed by atoms with E-state index in [1.807, 2.05) is 0 Å². The summed E-state index contributed by atoms with van der Waals surface area (Å²) >= 11 is 5.96. The molecule has 1 heterocycles. The zero-order valence-electron chi connectivity index (χ0n) is 9.23. The van der Waals surface area contributed by atoms with Gasteiger partial charge in [0.2, 0.25) is 0 Å². The van der Waals surface area contributed by atoms with Gasteiger partial charge in [0, 0.05) is 12.1 Å². The van der Waals surface area contributed by atoms with Gasteiger partial charge < -0.3 is 5.21 Å². The minimum atomic E-state index is -3.91. The zero-order valence-corrected chi connectivity index (χ0v) is 10.8. The Balaban J connectivity index is 2.48. The van der Waals surface area contributed by atoms with Gasteiger partial charge in [-0.1, -0.05) is 41.9 Å². The molecule has 4 nitrogen and oxygen atoms in total. The lowest BCUT2D eigenvalue weighted by atomic mass is 10.2. The first-order valence-electron chi connectivity index (χ1n) is 5.14. The molecule has 18 heavy (non-hydrogen) atoms. The van der Waals surface area contributed by atoms with Crippen LogP contribution in [0.25, 0.3) is 0 Å². The minimum Gasteiger partial charge on any atom is -0.618 e. The van der Waals surface area contributed by atoms with Gasteiger partial charge >= 0.3 is 5.03 Å². The Kier molecular flexibility index (Phi) is 3.54. The summed E-state index contributed by atoms with van der Waals surface area (Å²) in [7, 11) is -3.91. The molecule has 2 rings (SSSR count). The van der Waals surface area contributed by atoms with E-state index in [4.69, 9.17) is 11.6 Å². The van der Waals surface area contributed by atoms with E-state index in [9.17, 15) is 13.6 Å². The Hall–Kier alpha value is -1.59. The van der Waals surface area contributed by atoms with E-state index in [0.29, 0.717) is 10.3 Å². The van der Waals surface area contributed by atoms with Crippen molar-refractivity contribution in [2.75, 3.05) is 0 Å². The second-order valence-electron chi connectivity index (χ2n) is 3.64. The number of benzene rings is 1. The Morgan fingerprint density at radius 1 is 1.06 bits per heavy atom. The van der Waals surface area contributed by atoms with Crippen molar-refractivity contribution >= 4 is 21.4 Å². The van der Waals surface area contributed by atoms with Crippen molar-refractivity contribution in [1.82, 2.24) is 0 Å². The summed E-state index contributed by atoms with van der Waals surface area (Å²) in [5, 5.41) is 11.1. The van der Waals surface area contributed by atoms with Crippen LogP contribution in [0.2, 0.25) is 0 Å². The molecule has 0 radical (unpaired) electrons. The van der Waals surface area contributed by atoms with Gasteiger partial charge in [0.15, 0.2) is 10.9 Å². The average Bonchev–Trinajstić information content (AvgIpc) is 2.39. The summed E-state index contributed by atoms with van der Waals surface area (Å²) in [4.78, 5) is 0. The largest absolute Gasteiger partial charge is 0.618 e. The third kappa shape index (κ3) is 2.32. The molecular formula is C12H10ClNO3S. The minimum absolute atomic E-state index is 0.299.